The summed E-state index contributed by atoms with van der Waals surface area (Å²) in [5.74, 6) is 1.16. The SMILES string of the molecule is NC1C2CCC(C2)C1C(=O)NCCc1cc(Cl)cc(Cl)c1. The first kappa shape index (κ1) is 15.1. The highest BCUT2D eigenvalue weighted by atomic mass is 35.5. The molecule has 0 spiro atoms. The van der Waals surface area contributed by atoms with Crippen molar-refractivity contribution in [2.75, 3.05) is 6.54 Å². The number of nitrogens with one attached hydrogen (secondary N) is 1. The van der Waals surface area contributed by atoms with Crippen LogP contribution in [-0.2, 0) is 11.2 Å². The zero-order valence-corrected chi connectivity index (χ0v) is 13.3. The first-order chi connectivity index (χ1) is 10.0. The van der Waals surface area contributed by atoms with E-state index in [9.17, 15) is 4.79 Å². The van der Waals surface area contributed by atoms with Crippen LogP contribution in [0.2, 0.25) is 10.0 Å². The fraction of sp³-hybridized carbons (Fsp3) is 0.562. The van der Waals surface area contributed by atoms with E-state index in [1.165, 1.54) is 6.42 Å². The van der Waals surface area contributed by atoms with Gasteiger partial charge >= 0.3 is 0 Å². The third-order valence-electron chi connectivity index (χ3n) is 4.92. The largest absolute Gasteiger partial charge is 0.355 e. The molecule has 2 aliphatic carbocycles. The first-order valence-electron chi connectivity index (χ1n) is 7.53. The maximum atomic E-state index is 12.3. The van der Waals surface area contributed by atoms with E-state index in [0.29, 0.717) is 28.4 Å². The van der Waals surface area contributed by atoms with Crippen molar-refractivity contribution in [3.8, 4) is 0 Å². The third-order valence-corrected chi connectivity index (χ3v) is 5.36. The number of carbonyl (C=O) groups excluding carboxylic acids is 1. The van der Waals surface area contributed by atoms with E-state index < -0.39 is 0 Å². The summed E-state index contributed by atoms with van der Waals surface area (Å²) in [6.07, 6.45) is 4.20. The number of nitrogens with two attached hydrogens (primary N) is 1. The molecule has 21 heavy (non-hydrogen) atoms. The highest BCUT2D eigenvalue weighted by molar-refractivity contribution is 6.34. The lowest BCUT2D eigenvalue weighted by Crippen LogP contribution is -2.45. The smallest absolute Gasteiger partial charge is 0.224 e. The van der Waals surface area contributed by atoms with E-state index in [0.717, 1.165) is 24.8 Å². The van der Waals surface area contributed by atoms with Gasteiger partial charge in [-0.1, -0.05) is 23.2 Å². The minimum atomic E-state index is 0.00620. The van der Waals surface area contributed by atoms with Crippen LogP contribution >= 0.6 is 23.2 Å². The molecule has 3 nitrogen and oxygen atoms in total. The van der Waals surface area contributed by atoms with Gasteiger partial charge in [0, 0.05) is 22.6 Å². The Morgan fingerprint density at radius 2 is 1.86 bits per heavy atom. The first-order valence-corrected chi connectivity index (χ1v) is 8.28. The Labute approximate surface area is 135 Å². The lowest BCUT2D eigenvalue weighted by Gasteiger charge is -2.27. The number of carbonyl (C=O) groups is 1. The minimum absolute atomic E-state index is 0.00620. The predicted octanol–water partition coefficient (Wildman–Crippen LogP) is 3.03. The van der Waals surface area contributed by atoms with Crippen LogP contribution in [-0.4, -0.2) is 18.5 Å². The van der Waals surface area contributed by atoms with Gasteiger partial charge in [0.05, 0.1) is 5.92 Å². The summed E-state index contributed by atoms with van der Waals surface area (Å²) < 4.78 is 0. The lowest BCUT2D eigenvalue weighted by atomic mass is 9.84. The van der Waals surface area contributed by atoms with Crippen molar-refractivity contribution in [1.82, 2.24) is 5.32 Å². The highest BCUT2D eigenvalue weighted by Gasteiger charge is 2.48. The second kappa shape index (κ2) is 6.15. The molecule has 4 atom stereocenters. The van der Waals surface area contributed by atoms with Crippen molar-refractivity contribution in [1.29, 1.82) is 0 Å². The van der Waals surface area contributed by atoms with Crippen LogP contribution < -0.4 is 11.1 Å². The molecule has 1 amide bonds. The van der Waals surface area contributed by atoms with E-state index >= 15 is 0 Å². The van der Waals surface area contributed by atoms with Crippen molar-refractivity contribution < 1.29 is 4.79 Å². The summed E-state index contributed by atoms with van der Waals surface area (Å²) in [4.78, 5) is 12.3. The van der Waals surface area contributed by atoms with E-state index in [-0.39, 0.29) is 17.9 Å². The molecule has 1 aromatic carbocycles. The molecule has 0 aromatic heterocycles. The second-order valence-electron chi connectivity index (χ2n) is 6.26. The van der Waals surface area contributed by atoms with Crippen LogP contribution in [0.5, 0.6) is 0 Å². The normalized spacial score (nSPS) is 30.6. The summed E-state index contributed by atoms with van der Waals surface area (Å²) >= 11 is 11.9. The molecule has 5 heteroatoms. The fourth-order valence-corrected chi connectivity index (χ4v) is 4.50. The second-order valence-corrected chi connectivity index (χ2v) is 7.13. The topological polar surface area (TPSA) is 55.1 Å². The average molecular weight is 327 g/mol. The molecule has 0 radical (unpaired) electrons. The number of amides is 1. The van der Waals surface area contributed by atoms with Gasteiger partial charge in [-0.2, -0.15) is 0 Å². The maximum absolute atomic E-state index is 12.3. The number of halogens is 2. The molecular formula is C16H20Cl2N2O. The predicted molar refractivity (Wildman–Crippen MR) is 85.5 cm³/mol. The van der Waals surface area contributed by atoms with Gasteiger partial charge in [0.25, 0.3) is 0 Å². The van der Waals surface area contributed by atoms with E-state index in [4.69, 9.17) is 28.9 Å². The van der Waals surface area contributed by atoms with Gasteiger partial charge in [-0.05, 0) is 61.3 Å². The fourth-order valence-electron chi connectivity index (χ4n) is 3.93. The molecule has 114 valence electrons. The lowest BCUT2D eigenvalue weighted by molar-refractivity contribution is -0.127. The van der Waals surface area contributed by atoms with E-state index in [2.05, 4.69) is 5.32 Å². The number of hydrogen-bond donors (Lipinski definition) is 2. The van der Waals surface area contributed by atoms with Gasteiger partial charge in [-0.15, -0.1) is 0 Å². The Morgan fingerprint density at radius 1 is 1.19 bits per heavy atom. The molecule has 3 N–H and O–H groups in total. The van der Waals surface area contributed by atoms with Gasteiger partial charge in [-0.3, -0.25) is 4.79 Å². The molecular weight excluding hydrogens is 307 g/mol. The number of benzene rings is 1. The van der Waals surface area contributed by atoms with E-state index in [1.54, 1.807) is 6.07 Å². The maximum Gasteiger partial charge on any atom is 0.224 e. The Hall–Kier alpha value is -0.770. The van der Waals surface area contributed by atoms with Gasteiger partial charge in [-0.25, -0.2) is 0 Å². The summed E-state index contributed by atoms with van der Waals surface area (Å²) in [5.41, 5.74) is 7.22. The molecule has 4 unspecified atom stereocenters. The molecule has 2 fully saturated rings. The molecule has 2 saturated carbocycles. The molecule has 2 aliphatic rings. The van der Waals surface area contributed by atoms with Crippen molar-refractivity contribution in [2.24, 2.45) is 23.5 Å². The average Bonchev–Trinajstić information content (AvgIpc) is 2.98. The quantitative estimate of drug-likeness (QED) is 0.893. The van der Waals surface area contributed by atoms with Gasteiger partial charge in [0.2, 0.25) is 5.91 Å². The zero-order valence-electron chi connectivity index (χ0n) is 11.8. The molecule has 2 bridgehead atoms. The summed E-state index contributed by atoms with van der Waals surface area (Å²) in [6, 6.07) is 5.51. The Kier molecular flexibility index (Phi) is 4.43. The van der Waals surface area contributed by atoms with Gasteiger partial charge in [0.15, 0.2) is 0 Å². The monoisotopic (exact) mass is 326 g/mol. The number of fused-ring (bicyclic) bond motifs is 2. The Morgan fingerprint density at radius 3 is 2.48 bits per heavy atom. The number of hydrogen-bond acceptors (Lipinski definition) is 2. The highest BCUT2D eigenvalue weighted by Crippen LogP contribution is 2.47. The van der Waals surface area contributed by atoms with E-state index in [1.807, 2.05) is 12.1 Å². The Balaban J connectivity index is 1.52. The van der Waals surface area contributed by atoms with Crippen molar-refractivity contribution >= 4 is 29.1 Å². The van der Waals surface area contributed by atoms with Crippen molar-refractivity contribution in [3.05, 3.63) is 33.8 Å². The van der Waals surface area contributed by atoms with Crippen LogP contribution in [0.25, 0.3) is 0 Å². The molecule has 0 saturated heterocycles. The van der Waals surface area contributed by atoms with Crippen molar-refractivity contribution in [2.45, 2.75) is 31.7 Å². The standard InChI is InChI=1S/C16H20Cl2N2O/c17-12-5-9(6-13(18)8-12)3-4-20-16(21)14-10-1-2-11(7-10)15(14)19/h5-6,8,10-11,14-15H,1-4,7,19H2,(H,20,21). The molecule has 1 aromatic rings. The van der Waals surface area contributed by atoms with Gasteiger partial charge in [0.1, 0.15) is 0 Å². The van der Waals surface area contributed by atoms with Crippen molar-refractivity contribution in [3.63, 3.8) is 0 Å². The van der Waals surface area contributed by atoms with Crippen LogP contribution in [0.4, 0.5) is 0 Å². The summed E-state index contributed by atoms with van der Waals surface area (Å²) in [5, 5.41) is 4.27. The summed E-state index contributed by atoms with van der Waals surface area (Å²) in [6.45, 7) is 0.593. The molecule has 0 aliphatic heterocycles. The van der Waals surface area contributed by atoms with Gasteiger partial charge < -0.3 is 11.1 Å². The number of rotatable bonds is 4. The van der Waals surface area contributed by atoms with Crippen LogP contribution in [0.1, 0.15) is 24.8 Å². The van der Waals surface area contributed by atoms with Crippen LogP contribution in [0.15, 0.2) is 18.2 Å². The van der Waals surface area contributed by atoms with Crippen LogP contribution in [0, 0.1) is 17.8 Å². The zero-order chi connectivity index (χ0) is 15.0. The Bertz CT molecular complexity index is 527. The summed E-state index contributed by atoms with van der Waals surface area (Å²) in [7, 11) is 0. The third kappa shape index (κ3) is 3.20. The van der Waals surface area contributed by atoms with Crippen LogP contribution in [0.3, 0.4) is 0 Å². The molecule has 0 heterocycles. The minimum Gasteiger partial charge on any atom is -0.355 e. The molecule has 3 rings (SSSR count).